The number of aliphatic hydroxyl groups is 1. The predicted octanol–water partition coefficient (Wildman–Crippen LogP) is 1.40. The average molecular weight is 343 g/mol. The van der Waals surface area contributed by atoms with Gasteiger partial charge in [-0.15, -0.1) is 0 Å². The van der Waals surface area contributed by atoms with Crippen LogP contribution >= 0.6 is 0 Å². The van der Waals surface area contributed by atoms with Gasteiger partial charge in [0.15, 0.2) is 0 Å². The lowest BCUT2D eigenvalue weighted by Gasteiger charge is -2.45. The molecule has 1 aliphatic heterocycles. The van der Waals surface area contributed by atoms with Gasteiger partial charge in [0, 0.05) is 32.4 Å². The fourth-order valence-corrected chi connectivity index (χ4v) is 4.58. The Morgan fingerprint density at radius 2 is 2.24 bits per heavy atom. The number of anilines is 1. The molecule has 1 saturated carbocycles. The summed E-state index contributed by atoms with van der Waals surface area (Å²) in [5.41, 5.74) is 0.876. The maximum Gasteiger partial charge on any atom is 0.248 e. The van der Waals surface area contributed by atoms with Crippen LogP contribution in [-0.2, 0) is 4.79 Å². The molecule has 3 unspecified atom stereocenters. The van der Waals surface area contributed by atoms with Crippen LogP contribution in [0.1, 0.15) is 25.7 Å². The highest BCUT2D eigenvalue weighted by Gasteiger charge is 2.37. The SMILES string of the molecule is CN(c1ncnc2[nH]ccc12)C1CCC2CN(C(=O)CO)CCC2C1. The maximum atomic E-state index is 11.7. The van der Waals surface area contributed by atoms with Gasteiger partial charge < -0.3 is 19.9 Å². The second-order valence-corrected chi connectivity index (χ2v) is 7.32. The topological polar surface area (TPSA) is 85.4 Å². The van der Waals surface area contributed by atoms with Crippen molar-refractivity contribution >= 4 is 22.8 Å². The van der Waals surface area contributed by atoms with Crippen LogP contribution in [-0.4, -0.2) is 63.7 Å². The number of H-pyrrole nitrogens is 1. The minimum Gasteiger partial charge on any atom is -0.387 e. The van der Waals surface area contributed by atoms with Gasteiger partial charge in [0.05, 0.1) is 5.39 Å². The molecule has 1 saturated heterocycles. The summed E-state index contributed by atoms with van der Waals surface area (Å²) in [5, 5.41) is 10.1. The molecule has 134 valence electrons. The summed E-state index contributed by atoms with van der Waals surface area (Å²) in [7, 11) is 2.13. The van der Waals surface area contributed by atoms with E-state index in [2.05, 4.69) is 26.9 Å². The van der Waals surface area contributed by atoms with Crippen molar-refractivity contribution < 1.29 is 9.90 Å². The fraction of sp³-hybridized carbons (Fsp3) is 0.611. The summed E-state index contributed by atoms with van der Waals surface area (Å²) in [5.74, 6) is 2.06. The number of aliphatic hydroxyl groups excluding tert-OH is 1. The van der Waals surface area contributed by atoms with E-state index in [1.807, 2.05) is 17.2 Å². The zero-order valence-electron chi connectivity index (χ0n) is 14.6. The molecule has 7 nitrogen and oxygen atoms in total. The molecule has 0 aromatic carbocycles. The number of aromatic nitrogens is 3. The highest BCUT2D eigenvalue weighted by atomic mass is 16.3. The lowest BCUT2D eigenvalue weighted by atomic mass is 9.72. The molecule has 2 aliphatic rings. The summed E-state index contributed by atoms with van der Waals surface area (Å²) >= 11 is 0. The van der Waals surface area contributed by atoms with E-state index in [1.54, 1.807) is 6.33 Å². The van der Waals surface area contributed by atoms with Crippen LogP contribution in [0.5, 0.6) is 0 Å². The molecule has 0 radical (unpaired) electrons. The van der Waals surface area contributed by atoms with Crippen molar-refractivity contribution in [1.82, 2.24) is 19.9 Å². The lowest BCUT2D eigenvalue weighted by Crippen LogP contribution is -2.49. The number of likely N-dealkylation sites (tertiary alicyclic amines) is 1. The van der Waals surface area contributed by atoms with Crippen LogP contribution in [0.4, 0.5) is 5.82 Å². The number of hydrogen-bond donors (Lipinski definition) is 2. The van der Waals surface area contributed by atoms with Crippen LogP contribution in [0.15, 0.2) is 18.6 Å². The van der Waals surface area contributed by atoms with Gasteiger partial charge in [-0.3, -0.25) is 4.79 Å². The van der Waals surface area contributed by atoms with Crippen molar-refractivity contribution in [3.63, 3.8) is 0 Å². The zero-order chi connectivity index (χ0) is 17.4. The molecular formula is C18H25N5O2. The largest absolute Gasteiger partial charge is 0.387 e. The Morgan fingerprint density at radius 1 is 1.36 bits per heavy atom. The van der Waals surface area contributed by atoms with E-state index in [9.17, 15) is 4.79 Å². The van der Waals surface area contributed by atoms with Crippen LogP contribution in [0.2, 0.25) is 0 Å². The maximum absolute atomic E-state index is 11.7. The Kier molecular flexibility index (Phi) is 4.33. The molecule has 25 heavy (non-hydrogen) atoms. The fourth-order valence-electron chi connectivity index (χ4n) is 4.58. The molecule has 0 bridgehead atoms. The normalized spacial score (nSPS) is 26.5. The van der Waals surface area contributed by atoms with Crippen molar-refractivity contribution in [3.05, 3.63) is 18.6 Å². The van der Waals surface area contributed by atoms with Gasteiger partial charge in [0.25, 0.3) is 0 Å². The minimum absolute atomic E-state index is 0.131. The van der Waals surface area contributed by atoms with Crippen LogP contribution in [0.25, 0.3) is 11.0 Å². The molecule has 3 heterocycles. The third-order valence-corrected chi connectivity index (χ3v) is 6.04. The van der Waals surface area contributed by atoms with Crippen molar-refractivity contribution in [3.8, 4) is 0 Å². The first-order chi connectivity index (χ1) is 12.2. The lowest BCUT2D eigenvalue weighted by molar-refractivity contribution is -0.137. The van der Waals surface area contributed by atoms with E-state index in [1.165, 1.54) is 0 Å². The van der Waals surface area contributed by atoms with E-state index in [-0.39, 0.29) is 12.5 Å². The highest BCUT2D eigenvalue weighted by Crippen LogP contribution is 2.39. The number of amides is 1. The number of aromatic amines is 1. The summed E-state index contributed by atoms with van der Waals surface area (Å²) in [6, 6.07) is 2.50. The van der Waals surface area contributed by atoms with Crippen molar-refractivity contribution in [1.29, 1.82) is 0 Å². The number of carbonyl (C=O) groups excluding carboxylic acids is 1. The third-order valence-electron chi connectivity index (χ3n) is 6.04. The first-order valence-electron chi connectivity index (χ1n) is 9.07. The average Bonchev–Trinajstić information content (AvgIpc) is 3.14. The van der Waals surface area contributed by atoms with Gasteiger partial charge in [0.2, 0.25) is 5.91 Å². The number of nitrogens with zero attached hydrogens (tertiary/aromatic N) is 4. The number of piperidine rings is 1. The number of hydrogen-bond acceptors (Lipinski definition) is 5. The van der Waals surface area contributed by atoms with Gasteiger partial charge >= 0.3 is 0 Å². The second-order valence-electron chi connectivity index (χ2n) is 7.32. The molecule has 2 aromatic rings. The Hall–Kier alpha value is -2.15. The molecule has 2 N–H and O–H groups in total. The summed E-state index contributed by atoms with van der Waals surface area (Å²) < 4.78 is 0. The van der Waals surface area contributed by atoms with E-state index in [4.69, 9.17) is 5.11 Å². The highest BCUT2D eigenvalue weighted by molar-refractivity contribution is 5.87. The number of carbonyl (C=O) groups is 1. The summed E-state index contributed by atoms with van der Waals surface area (Å²) in [6.07, 6.45) is 7.92. The van der Waals surface area contributed by atoms with E-state index in [0.29, 0.717) is 17.9 Å². The first-order valence-corrected chi connectivity index (χ1v) is 9.07. The summed E-state index contributed by atoms with van der Waals surface area (Å²) in [4.78, 5) is 27.8. The first kappa shape index (κ1) is 16.3. The molecule has 2 aromatic heterocycles. The zero-order valence-corrected chi connectivity index (χ0v) is 14.6. The van der Waals surface area contributed by atoms with Gasteiger partial charge in [-0.25, -0.2) is 9.97 Å². The van der Waals surface area contributed by atoms with Gasteiger partial charge in [-0.1, -0.05) is 0 Å². The Labute approximate surface area is 147 Å². The van der Waals surface area contributed by atoms with Crippen LogP contribution in [0, 0.1) is 11.8 Å². The van der Waals surface area contributed by atoms with E-state index in [0.717, 1.165) is 55.6 Å². The van der Waals surface area contributed by atoms with E-state index >= 15 is 0 Å². The second kappa shape index (κ2) is 6.63. The molecule has 1 aliphatic carbocycles. The van der Waals surface area contributed by atoms with Crippen LogP contribution < -0.4 is 4.90 Å². The molecule has 7 heteroatoms. The number of rotatable bonds is 3. The summed E-state index contributed by atoms with van der Waals surface area (Å²) in [6.45, 7) is 1.20. The van der Waals surface area contributed by atoms with Gasteiger partial charge in [0.1, 0.15) is 24.4 Å². The van der Waals surface area contributed by atoms with Crippen molar-refractivity contribution in [2.24, 2.45) is 11.8 Å². The molecule has 0 spiro atoms. The van der Waals surface area contributed by atoms with Crippen molar-refractivity contribution in [2.75, 3.05) is 31.6 Å². The molecule has 4 rings (SSSR count). The Bertz CT molecular complexity index is 761. The van der Waals surface area contributed by atoms with Crippen LogP contribution in [0.3, 0.4) is 0 Å². The Morgan fingerprint density at radius 3 is 3.08 bits per heavy atom. The molecular weight excluding hydrogens is 318 g/mol. The Balaban J connectivity index is 1.46. The number of fused-ring (bicyclic) bond motifs is 2. The molecule has 2 fully saturated rings. The van der Waals surface area contributed by atoms with Gasteiger partial charge in [-0.2, -0.15) is 0 Å². The number of nitrogens with one attached hydrogen (secondary N) is 1. The third kappa shape index (κ3) is 2.97. The van der Waals surface area contributed by atoms with Gasteiger partial charge in [-0.05, 0) is 43.6 Å². The van der Waals surface area contributed by atoms with Crippen molar-refractivity contribution in [2.45, 2.75) is 31.7 Å². The smallest absolute Gasteiger partial charge is 0.248 e. The minimum atomic E-state index is -0.372. The molecule has 3 atom stereocenters. The quantitative estimate of drug-likeness (QED) is 0.880. The predicted molar refractivity (Wildman–Crippen MR) is 95.2 cm³/mol. The molecule has 1 amide bonds. The van der Waals surface area contributed by atoms with E-state index < -0.39 is 0 Å². The standard InChI is InChI=1S/C18H25N5O2/c1-22(18-15-4-6-19-17(15)20-11-21-18)14-3-2-13-9-23(16(25)10-24)7-5-12(13)8-14/h4,6,11-14,24H,2-3,5,7-10H2,1H3,(H,19,20,21). The monoisotopic (exact) mass is 343 g/mol.